The summed E-state index contributed by atoms with van der Waals surface area (Å²) in [6.45, 7) is 2.97. The highest BCUT2D eigenvalue weighted by molar-refractivity contribution is 8.00. The maximum atomic E-state index is 13.3. The van der Waals surface area contributed by atoms with Crippen LogP contribution in [0.1, 0.15) is 41.0 Å². The van der Waals surface area contributed by atoms with Crippen LogP contribution in [0.5, 0.6) is 0 Å². The van der Waals surface area contributed by atoms with Gasteiger partial charge in [0.1, 0.15) is 5.82 Å². The number of carbonyl (C=O) groups is 2. The molecule has 0 radical (unpaired) electrons. The van der Waals surface area contributed by atoms with Crippen molar-refractivity contribution in [3.8, 4) is 0 Å². The summed E-state index contributed by atoms with van der Waals surface area (Å²) in [6, 6.07) is 16.7. The Bertz CT molecular complexity index is 1070. The Morgan fingerprint density at radius 1 is 1.10 bits per heavy atom. The number of amides is 2. The minimum Gasteiger partial charge on any atom is -0.302 e. The number of hydrogen-bond donors (Lipinski definition) is 0. The first kappa shape index (κ1) is 21.6. The third-order valence-corrected chi connectivity index (χ3v) is 6.80. The fraction of sp³-hybridized carbons (Fsp3) is 0.304. The molecule has 2 aromatic carbocycles. The zero-order valence-electron chi connectivity index (χ0n) is 17.2. The second-order valence-corrected chi connectivity index (χ2v) is 9.11. The first-order valence-electron chi connectivity index (χ1n) is 10.2. The summed E-state index contributed by atoms with van der Waals surface area (Å²) in [6.07, 6.45) is 2.36. The van der Waals surface area contributed by atoms with Crippen molar-refractivity contribution in [2.45, 2.75) is 43.1 Å². The van der Waals surface area contributed by atoms with Crippen molar-refractivity contribution in [1.29, 1.82) is 0 Å². The minimum atomic E-state index is -0.378. The van der Waals surface area contributed by atoms with E-state index in [4.69, 9.17) is 11.6 Å². The zero-order chi connectivity index (χ0) is 21.8. The van der Waals surface area contributed by atoms with E-state index in [1.165, 1.54) is 16.7 Å². The van der Waals surface area contributed by atoms with Gasteiger partial charge in [0.05, 0.1) is 11.8 Å². The minimum absolute atomic E-state index is 0.172. The molecule has 1 saturated heterocycles. The highest BCUT2D eigenvalue weighted by atomic mass is 35.5. The van der Waals surface area contributed by atoms with Gasteiger partial charge in [-0.05, 0) is 49.6 Å². The van der Waals surface area contributed by atoms with Gasteiger partial charge >= 0.3 is 0 Å². The monoisotopic (exact) mass is 454 g/mol. The summed E-state index contributed by atoms with van der Waals surface area (Å²) in [5.74, 6) is 0.340. The molecule has 0 N–H and O–H groups in total. The van der Waals surface area contributed by atoms with Crippen molar-refractivity contribution < 1.29 is 9.59 Å². The quantitative estimate of drug-likeness (QED) is 0.527. The first-order chi connectivity index (χ1) is 15.0. The second-order valence-electron chi connectivity index (χ2n) is 7.51. The highest BCUT2D eigenvalue weighted by Crippen LogP contribution is 2.30. The lowest BCUT2D eigenvalue weighted by Crippen LogP contribution is -2.41. The van der Waals surface area contributed by atoms with Crippen LogP contribution in [0.2, 0.25) is 5.02 Å². The third-order valence-electron chi connectivity index (χ3n) is 5.31. The van der Waals surface area contributed by atoms with Gasteiger partial charge in [-0.25, -0.2) is 0 Å². The van der Waals surface area contributed by atoms with Crippen LogP contribution in [0.15, 0.2) is 59.8 Å². The maximum Gasteiger partial charge on any atom is 0.260 e. The molecule has 31 heavy (non-hydrogen) atoms. The van der Waals surface area contributed by atoms with E-state index in [1.807, 2.05) is 29.7 Å². The number of rotatable bonds is 5. The van der Waals surface area contributed by atoms with Crippen molar-refractivity contribution in [1.82, 2.24) is 19.7 Å². The van der Waals surface area contributed by atoms with Crippen LogP contribution in [-0.4, -0.2) is 43.3 Å². The lowest BCUT2D eigenvalue weighted by Gasteiger charge is -2.22. The Morgan fingerprint density at radius 2 is 1.84 bits per heavy atom. The van der Waals surface area contributed by atoms with Crippen LogP contribution in [-0.2, 0) is 11.3 Å². The number of nitrogens with zero attached hydrogens (tertiary/aromatic N) is 4. The van der Waals surface area contributed by atoms with E-state index >= 15 is 0 Å². The lowest BCUT2D eigenvalue weighted by atomic mass is 10.2. The van der Waals surface area contributed by atoms with Gasteiger partial charge in [0.25, 0.3) is 5.91 Å². The molecule has 6 nitrogen and oxygen atoms in total. The predicted octanol–water partition coefficient (Wildman–Crippen LogP) is 4.60. The Balaban J connectivity index is 1.54. The van der Waals surface area contributed by atoms with Gasteiger partial charge in [-0.2, -0.15) is 0 Å². The van der Waals surface area contributed by atoms with Crippen molar-refractivity contribution in [2.75, 3.05) is 6.54 Å². The third kappa shape index (κ3) is 4.99. The summed E-state index contributed by atoms with van der Waals surface area (Å²) in [5.41, 5.74) is 1.60. The van der Waals surface area contributed by atoms with E-state index < -0.39 is 0 Å². The normalized spacial score (nSPS) is 16.9. The van der Waals surface area contributed by atoms with E-state index in [0.717, 1.165) is 24.2 Å². The fourth-order valence-electron chi connectivity index (χ4n) is 3.59. The summed E-state index contributed by atoms with van der Waals surface area (Å²) < 4.78 is 2.02. The van der Waals surface area contributed by atoms with E-state index in [0.29, 0.717) is 35.3 Å². The molecule has 1 fully saturated rings. The number of aryl methyl sites for hydroxylation is 1. The molecule has 4 rings (SSSR count). The molecule has 0 spiro atoms. The molecule has 3 aromatic rings. The number of halogens is 1. The van der Waals surface area contributed by atoms with Gasteiger partial charge in [0.15, 0.2) is 5.16 Å². The number of benzene rings is 2. The SMILES string of the molecule is Cc1nnc(SC2CCCCN(C(=O)c3ccc(Cl)cc3)C2=O)n1Cc1ccccc1. The van der Waals surface area contributed by atoms with Crippen LogP contribution in [0.25, 0.3) is 0 Å². The van der Waals surface area contributed by atoms with Gasteiger partial charge < -0.3 is 4.57 Å². The molecule has 1 aliphatic rings. The van der Waals surface area contributed by atoms with E-state index in [2.05, 4.69) is 22.3 Å². The molecule has 8 heteroatoms. The Kier molecular flexibility index (Phi) is 6.73. The number of carbonyl (C=O) groups excluding carboxylic acids is 2. The van der Waals surface area contributed by atoms with Crippen LogP contribution in [0.4, 0.5) is 0 Å². The van der Waals surface area contributed by atoms with Crippen LogP contribution in [0.3, 0.4) is 0 Å². The molecule has 0 saturated carbocycles. The lowest BCUT2D eigenvalue weighted by molar-refractivity contribution is -0.127. The molecule has 0 aliphatic carbocycles. The number of likely N-dealkylation sites (tertiary alicyclic amines) is 1. The average Bonchev–Trinajstić information content (AvgIpc) is 3.01. The zero-order valence-corrected chi connectivity index (χ0v) is 18.8. The average molecular weight is 455 g/mol. The molecule has 1 atom stereocenters. The van der Waals surface area contributed by atoms with Crippen molar-refractivity contribution >= 4 is 35.2 Å². The van der Waals surface area contributed by atoms with Gasteiger partial charge in [-0.15, -0.1) is 10.2 Å². The van der Waals surface area contributed by atoms with Crippen molar-refractivity contribution in [2.24, 2.45) is 0 Å². The van der Waals surface area contributed by atoms with E-state index in [1.54, 1.807) is 24.3 Å². The summed E-state index contributed by atoms with van der Waals surface area (Å²) in [7, 11) is 0. The Labute approximate surface area is 190 Å². The first-order valence-corrected chi connectivity index (χ1v) is 11.5. The molecular weight excluding hydrogens is 432 g/mol. The fourth-order valence-corrected chi connectivity index (χ4v) is 4.90. The Morgan fingerprint density at radius 3 is 2.58 bits per heavy atom. The largest absolute Gasteiger partial charge is 0.302 e. The molecule has 1 aliphatic heterocycles. The van der Waals surface area contributed by atoms with Crippen molar-refractivity contribution in [3.05, 3.63) is 76.6 Å². The number of aromatic nitrogens is 3. The number of hydrogen-bond acceptors (Lipinski definition) is 5. The van der Waals surface area contributed by atoms with Gasteiger partial charge in [0, 0.05) is 17.1 Å². The van der Waals surface area contributed by atoms with Crippen LogP contribution < -0.4 is 0 Å². The maximum absolute atomic E-state index is 13.3. The van der Waals surface area contributed by atoms with Gasteiger partial charge in [0.2, 0.25) is 5.91 Å². The van der Waals surface area contributed by atoms with Crippen molar-refractivity contribution in [3.63, 3.8) is 0 Å². The van der Waals surface area contributed by atoms with Gasteiger partial charge in [-0.1, -0.05) is 60.1 Å². The molecule has 0 bridgehead atoms. The smallest absolute Gasteiger partial charge is 0.260 e. The second kappa shape index (κ2) is 9.66. The van der Waals surface area contributed by atoms with Gasteiger partial charge in [-0.3, -0.25) is 14.5 Å². The summed E-state index contributed by atoms with van der Waals surface area (Å²) in [4.78, 5) is 27.7. The predicted molar refractivity (Wildman–Crippen MR) is 121 cm³/mol. The molecular formula is C23H23ClN4O2S. The molecule has 2 heterocycles. The van der Waals surface area contributed by atoms with Crippen LogP contribution >= 0.6 is 23.4 Å². The van der Waals surface area contributed by atoms with E-state index in [9.17, 15) is 9.59 Å². The van der Waals surface area contributed by atoms with E-state index in [-0.39, 0.29) is 17.1 Å². The molecule has 2 amide bonds. The highest BCUT2D eigenvalue weighted by Gasteiger charge is 2.33. The molecule has 1 aromatic heterocycles. The summed E-state index contributed by atoms with van der Waals surface area (Å²) >= 11 is 7.33. The molecule has 160 valence electrons. The number of imide groups is 1. The topological polar surface area (TPSA) is 68.1 Å². The summed E-state index contributed by atoms with van der Waals surface area (Å²) in [5, 5.41) is 9.41. The molecule has 1 unspecified atom stereocenters. The Hall–Kier alpha value is -2.64. The standard InChI is InChI=1S/C23H23ClN4O2S/c1-16-25-26-23(28(16)15-17-7-3-2-4-8-17)31-20-9-5-6-14-27(22(20)30)21(29)18-10-12-19(24)13-11-18/h2-4,7-8,10-13,20H,5-6,9,14-15H2,1H3. The van der Waals surface area contributed by atoms with Crippen LogP contribution in [0, 0.1) is 6.92 Å². The number of thioether (sulfide) groups is 1.